The van der Waals surface area contributed by atoms with E-state index in [1.54, 1.807) is 9.47 Å². The number of aromatic nitrogens is 2. The molecule has 1 fully saturated rings. The predicted molar refractivity (Wildman–Crippen MR) is 121 cm³/mol. The van der Waals surface area contributed by atoms with Crippen LogP contribution in [0.1, 0.15) is 59.9 Å². The van der Waals surface area contributed by atoms with Gasteiger partial charge in [0.2, 0.25) is 5.88 Å². The first-order valence-corrected chi connectivity index (χ1v) is 11.1. The van der Waals surface area contributed by atoms with Gasteiger partial charge >= 0.3 is 5.69 Å². The summed E-state index contributed by atoms with van der Waals surface area (Å²) < 4.78 is 2.70. The summed E-state index contributed by atoms with van der Waals surface area (Å²) in [5, 5.41) is 21.9. The first-order chi connectivity index (χ1) is 15.9. The Balaban J connectivity index is 1.44. The van der Waals surface area contributed by atoms with Gasteiger partial charge in [0, 0.05) is 24.2 Å². The molecule has 0 unspecified atom stereocenters. The Bertz CT molecular complexity index is 1290. The molecule has 0 aliphatic carbocycles. The highest BCUT2D eigenvalue weighted by atomic mass is 16.6. The predicted octanol–water partition coefficient (Wildman–Crippen LogP) is 3.74. The topological polar surface area (TPSA) is 111 Å². The number of unbranched alkanes of at least 4 members (excludes halogenated alkanes) is 1. The highest BCUT2D eigenvalue weighted by Crippen LogP contribution is 2.49. The van der Waals surface area contributed by atoms with E-state index in [0.29, 0.717) is 29.9 Å². The molecule has 0 radical (unpaired) electrons. The van der Waals surface area contributed by atoms with Crippen LogP contribution in [0.2, 0.25) is 0 Å². The molecule has 3 heterocycles. The quantitative estimate of drug-likeness (QED) is 0.456. The van der Waals surface area contributed by atoms with Crippen LogP contribution >= 0.6 is 0 Å². The van der Waals surface area contributed by atoms with Gasteiger partial charge in [0.1, 0.15) is 5.69 Å². The van der Waals surface area contributed by atoms with Crippen LogP contribution in [-0.2, 0) is 6.42 Å². The van der Waals surface area contributed by atoms with Crippen molar-refractivity contribution in [3.05, 3.63) is 86.0 Å². The monoisotopic (exact) mass is 448 g/mol. The third-order valence-electron chi connectivity index (χ3n) is 6.66. The van der Waals surface area contributed by atoms with Gasteiger partial charge in [-0.05, 0) is 49.1 Å². The van der Waals surface area contributed by atoms with E-state index in [4.69, 9.17) is 0 Å². The second kappa shape index (κ2) is 7.91. The molecule has 1 aromatic heterocycles. The number of rotatable bonds is 6. The molecule has 9 heteroatoms. The first kappa shape index (κ1) is 21.0. The van der Waals surface area contributed by atoms with Gasteiger partial charge in [0.25, 0.3) is 11.6 Å². The molecule has 3 aromatic rings. The molecule has 0 spiro atoms. The molecule has 2 aliphatic rings. The minimum atomic E-state index is -0.522. The number of amides is 1. The number of hydrogen-bond donors (Lipinski definition) is 1. The maximum atomic E-state index is 13.2. The Morgan fingerprint density at radius 2 is 1.85 bits per heavy atom. The maximum absolute atomic E-state index is 13.2. The van der Waals surface area contributed by atoms with Crippen molar-refractivity contribution >= 4 is 11.6 Å². The average molecular weight is 448 g/mol. The van der Waals surface area contributed by atoms with E-state index in [1.165, 1.54) is 29.8 Å². The lowest BCUT2D eigenvalue weighted by atomic mass is 10.1. The molecule has 1 saturated heterocycles. The van der Waals surface area contributed by atoms with Crippen LogP contribution in [0, 0.1) is 10.1 Å². The Labute approximate surface area is 189 Å². The summed E-state index contributed by atoms with van der Waals surface area (Å²) in [6.45, 7) is 2.54. The molecular formula is C24H24N4O5. The van der Waals surface area contributed by atoms with E-state index in [-0.39, 0.29) is 23.5 Å². The highest BCUT2D eigenvalue weighted by molar-refractivity contribution is 5.95. The zero-order valence-corrected chi connectivity index (χ0v) is 18.2. The molecule has 2 aromatic carbocycles. The zero-order chi connectivity index (χ0) is 23.3. The molecular weight excluding hydrogens is 424 g/mol. The molecule has 2 bridgehead atoms. The number of nitro benzene ring substituents is 1. The number of carbonyl (C=O) groups is 1. The number of aryl methyl sites for hydroxylation is 1. The van der Waals surface area contributed by atoms with E-state index in [9.17, 15) is 24.8 Å². The smallest absolute Gasteiger partial charge is 0.336 e. The third kappa shape index (κ3) is 3.31. The number of hydrogen-bond acceptors (Lipinski definition) is 5. The summed E-state index contributed by atoms with van der Waals surface area (Å²) in [5.74, 6) is -0.348. The van der Waals surface area contributed by atoms with Crippen LogP contribution in [0.4, 0.5) is 5.69 Å². The van der Waals surface area contributed by atoms with Gasteiger partial charge in [-0.15, -0.1) is 0 Å². The second-order valence-electron chi connectivity index (χ2n) is 8.63. The molecule has 2 atom stereocenters. The molecule has 170 valence electrons. The van der Waals surface area contributed by atoms with Crippen LogP contribution in [-0.4, -0.2) is 36.5 Å². The second-order valence-corrected chi connectivity index (χ2v) is 8.63. The third-order valence-corrected chi connectivity index (χ3v) is 6.66. The number of fused-ring (bicyclic) bond motifs is 5. The summed E-state index contributed by atoms with van der Waals surface area (Å²) in [6.07, 6.45) is 3.78. The van der Waals surface area contributed by atoms with Crippen LogP contribution in [0.3, 0.4) is 0 Å². The Kier molecular flexibility index (Phi) is 5.03. The van der Waals surface area contributed by atoms with Crippen molar-refractivity contribution < 1.29 is 14.8 Å². The van der Waals surface area contributed by atoms with Crippen molar-refractivity contribution in [2.24, 2.45) is 0 Å². The number of imidazole rings is 1. The summed E-state index contributed by atoms with van der Waals surface area (Å²) in [4.78, 5) is 38.4. The Morgan fingerprint density at radius 3 is 2.48 bits per heavy atom. The van der Waals surface area contributed by atoms with Gasteiger partial charge in [-0.2, -0.15) is 0 Å². The fourth-order valence-electron chi connectivity index (χ4n) is 4.99. The normalized spacial score (nSPS) is 18.5. The van der Waals surface area contributed by atoms with Crippen LogP contribution < -0.4 is 5.69 Å². The van der Waals surface area contributed by atoms with Gasteiger partial charge in [0.05, 0.1) is 22.7 Å². The van der Waals surface area contributed by atoms with Crippen molar-refractivity contribution in [3.8, 4) is 11.6 Å². The largest absolute Gasteiger partial charge is 0.493 e. The minimum absolute atomic E-state index is 0.101. The molecule has 0 saturated carbocycles. The molecule has 1 amide bonds. The van der Waals surface area contributed by atoms with Gasteiger partial charge in [0.15, 0.2) is 0 Å². The standard InChI is InChI=1S/C24H24N4O5/c1-2-3-4-15-5-7-16(8-6-15)22(29)25-14-19-13-20(25)21-23(30)27(24(31)26(19)21)17-9-11-18(12-10-17)28(32)33/h5-12,19-20,30H,2-4,13-14H2,1H3/t19-,20-/m0/s1. The number of aromatic hydroxyl groups is 1. The summed E-state index contributed by atoms with van der Waals surface area (Å²) >= 11 is 0. The van der Waals surface area contributed by atoms with Crippen molar-refractivity contribution in [1.29, 1.82) is 0 Å². The number of non-ortho nitro benzene ring substituents is 1. The lowest BCUT2D eigenvalue weighted by Crippen LogP contribution is -2.37. The summed E-state index contributed by atoms with van der Waals surface area (Å²) in [6, 6.07) is 12.5. The van der Waals surface area contributed by atoms with E-state index < -0.39 is 16.7 Å². The number of likely N-dealkylation sites (tertiary alicyclic amines) is 1. The van der Waals surface area contributed by atoms with Crippen LogP contribution in [0.5, 0.6) is 5.88 Å². The Hall–Kier alpha value is -3.88. The lowest BCUT2D eigenvalue weighted by molar-refractivity contribution is -0.384. The van der Waals surface area contributed by atoms with E-state index in [2.05, 4.69) is 6.92 Å². The number of benzene rings is 2. The lowest BCUT2D eigenvalue weighted by Gasteiger charge is -2.27. The number of nitro groups is 1. The van der Waals surface area contributed by atoms with Crippen molar-refractivity contribution in [2.75, 3.05) is 6.54 Å². The fraction of sp³-hybridized carbons (Fsp3) is 0.333. The summed E-state index contributed by atoms with van der Waals surface area (Å²) in [5.41, 5.74) is 2.04. The van der Waals surface area contributed by atoms with Crippen molar-refractivity contribution in [2.45, 2.75) is 44.7 Å². The van der Waals surface area contributed by atoms with Gasteiger partial charge in [-0.1, -0.05) is 25.5 Å². The molecule has 33 heavy (non-hydrogen) atoms. The zero-order valence-electron chi connectivity index (χ0n) is 18.2. The summed E-state index contributed by atoms with van der Waals surface area (Å²) in [7, 11) is 0. The molecule has 2 aliphatic heterocycles. The van der Waals surface area contributed by atoms with Gasteiger partial charge in [-0.25, -0.2) is 9.36 Å². The molecule has 5 rings (SSSR count). The van der Waals surface area contributed by atoms with Crippen LogP contribution in [0.25, 0.3) is 5.69 Å². The average Bonchev–Trinajstić information content (AvgIpc) is 3.49. The SMILES string of the molecule is CCCCc1ccc(C(=O)N2C[C@@H]3C[C@H]2c2c(O)n(-c4ccc([N+](=O)[O-])cc4)c(=O)n23)cc1. The molecule has 1 N–H and O–H groups in total. The highest BCUT2D eigenvalue weighted by Gasteiger charge is 2.49. The van der Waals surface area contributed by atoms with Gasteiger partial charge in [-0.3, -0.25) is 19.5 Å². The fourth-order valence-corrected chi connectivity index (χ4v) is 4.99. The van der Waals surface area contributed by atoms with E-state index >= 15 is 0 Å². The minimum Gasteiger partial charge on any atom is -0.493 e. The van der Waals surface area contributed by atoms with E-state index in [0.717, 1.165) is 23.8 Å². The first-order valence-electron chi connectivity index (χ1n) is 11.1. The van der Waals surface area contributed by atoms with E-state index in [1.807, 2.05) is 24.3 Å². The molecule has 9 nitrogen and oxygen atoms in total. The Morgan fingerprint density at radius 1 is 1.15 bits per heavy atom. The number of nitrogens with zero attached hydrogens (tertiary/aromatic N) is 4. The maximum Gasteiger partial charge on any atom is 0.336 e. The van der Waals surface area contributed by atoms with Crippen molar-refractivity contribution in [1.82, 2.24) is 14.0 Å². The number of carbonyl (C=O) groups excluding carboxylic acids is 1. The van der Waals surface area contributed by atoms with Gasteiger partial charge < -0.3 is 10.0 Å². The van der Waals surface area contributed by atoms with Crippen LogP contribution in [0.15, 0.2) is 53.3 Å². The van der Waals surface area contributed by atoms with Crippen molar-refractivity contribution in [3.63, 3.8) is 0 Å².